The van der Waals surface area contributed by atoms with Crippen LogP contribution in [-0.2, 0) is 11.3 Å². The van der Waals surface area contributed by atoms with E-state index in [1.54, 1.807) is 4.57 Å². The third-order valence-electron chi connectivity index (χ3n) is 4.12. The van der Waals surface area contributed by atoms with Gasteiger partial charge in [0.2, 0.25) is 5.91 Å². The van der Waals surface area contributed by atoms with Gasteiger partial charge < -0.3 is 20.1 Å². The second kappa shape index (κ2) is 8.45. The highest BCUT2D eigenvalue weighted by Crippen LogP contribution is 2.09. The molecule has 2 rings (SSSR count). The second-order valence-electron chi connectivity index (χ2n) is 5.71. The molecule has 0 spiro atoms. The van der Waals surface area contributed by atoms with E-state index in [4.69, 9.17) is 0 Å². The van der Waals surface area contributed by atoms with E-state index >= 15 is 0 Å². The first-order chi connectivity index (χ1) is 10.6. The molecule has 0 atom stereocenters. The molecule has 0 bridgehead atoms. The van der Waals surface area contributed by atoms with Crippen molar-refractivity contribution in [1.29, 1.82) is 0 Å². The molecule has 1 aromatic rings. The highest BCUT2D eigenvalue weighted by Gasteiger charge is 2.10. The monoisotopic (exact) mass is 326 g/mol. The van der Waals surface area contributed by atoms with E-state index < -0.39 is 0 Å². The molecule has 2 N–H and O–H groups in total. The molecule has 6 nitrogen and oxygen atoms in total. The maximum Gasteiger partial charge on any atom is 0.307 e. The smallest absolute Gasteiger partial charge is 0.307 e. The first-order valence-corrected chi connectivity index (χ1v) is 8.76. The summed E-state index contributed by atoms with van der Waals surface area (Å²) >= 11 is 1.25. The summed E-state index contributed by atoms with van der Waals surface area (Å²) in [6.45, 7) is 10.4. The van der Waals surface area contributed by atoms with Gasteiger partial charge in [-0.15, -0.1) is 0 Å². The third kappa shape index (κ3) is 4.93. The summed E-state index contributed by atoms with van der Waals surface area (Å²) in [7, 11) is 0. The number of aromatic nitrogens is 1. The maximum absolute atomic E-state index is 11.9. The summed E-state index contributed by atoms with van der Waals surface area (Å²) in [5, 5.41) is 6.27. The molecule has 1 fully saturated rings. The Bertz CT molecular complexity index is 546. The van der Waals surface area contributed by atoms with Crippen molar-refractivity contribution in [3.63, 3.8) is 0 Å². The van der Waals surface area contributed by atoms with Crippen LogP contribution < -0.4 is 15.5 Å². The standard InChI is InChI=1S/C15H26N4O2S/c1-12-13(2)22-15(21)19(12)9-4-14(20)17-5-3-8-18-10-6-16-7-11-18/h16H,3-11H2,1-2H3,(H,17,20). The van der Waals surface area contributed by atoms with Gasteiger partial charge in [-0.2, -0.15) is 0 Å². The zero-order chi connectivity index (χ0) is 15.9. The number of nitrogens with one attached hydrogen (secondary N) is 2. The summed E-state index contributed by atoms with van der Waals surface area (Å²) in [6, 6.07) is 0. The van der Waals surface area contributed by atoms with Crippen LogP contribution in [0.2, 0.25) is 0 Å². The number of amides is 1. The lowest BCUT2D eigenvalue weighted by Gasteiger charge is -2.27. The summed E-state index contributed by atoms with van der Waals surface area (Å²) in [5.74, 6) is 0.0236. The van der Waals surface area contributed by atoms with E-state index in [-0.39, 0.29) is 10.8 Å². The fourth-order valence-electron chi connectivity index (χ4n) is 2.61. The predicted molar refractivity (Wildman–Crippen MR) is 89.6 cm³/mol. The van der Waals surface area contributed by atoms with Crippen LogP contribution in [0.3, 0.4) is 0 Å². The van der Waals surface area contributed by atoms with Crippen LogP contribution >= 0.6 is 11.3 Å². The Balaban J connectivity index is 1.62. The van der Waals surface area contributed by atoms with E-state index in [0.29, 0.717) is 19.5 Å². The predicted octanol–water partition coefficient (Wildman–Crippen LogP) is 0.328. The normalized spacial score (nSPS) is 15.9. The van der Waals surface area contributed by atoms with Crippen molar-refractivity contribution in [3.8, 4) is 0 Å². The molecule has 1 aliphatic rings. The Morgan fingerprint density at radius 3 is 2.64 bits per heavy atom. The minimum Gasteiger partial charge on any atom is -0.356 e. The van der Waals surface area contributed by atoms with E-state index in [1.807, 2.05) is 13.8 Å². The molecule has 1 amide bonds. The highest BCUT2D eigenvalue weighted by molar-refractivity contribution is 7.09. The van der Waals surface area contributed by atoms with Gasteiger partial charge in [-0.25, -0.2) is 0 Å². The number of aryl methyl sites for hydroxylation is 1. The Kier molecular flexibility index (Phi) is 6.60. The van der Waals surface area contributed by atoms with Crippen LogP contribution in [-0.4, -0.2) is 54.6 Å². The average molecular weight is 326 g/mol. The van der Waals surface area contributed by atoms with Crippen molar-refractivity contribution in [3.05, 3.63) is 20.2 Å². The van der Waals surface area contributed by atoms with Gasteiger partial charge in [-0.05, 0) is 26.8 Å². The quantitative estimate of drug-likeness (QED) is 0.709. The summed E-state index contributed by atoms with van der Waals surface area (Å²) in [4.78, 5) is 27.1. The van der Waals surface area contributed by atoms with Crippen molar-refractivity contribution in [2.75, 3.05) is 39.3 Å². The molecule has 1 aliphatic heterocycles. The van der Waals surface area contributed by atoms with Crippen LogP contribution in [0.4, 0.5) is 0 Å². The molecular formula is C15H26N4O2S. The van der Waals surface area contributed by atoms with Crippen molar-refractivity contribution >= 4 is 17.2 Å². The minimum absolute atomic E-state index is 0.0236. The van der Waals surface area contributed by atoms with Gasteiger partial charge in [0.25, 0.3) is 0 Å². The number of hydrogen-bond acceptors (Lipinski definition) is 5. The highest BCUT2D eigenvalue weighted by atomic mass is 32.1. The Morgan fingerprint density at radius 2 is 2.00 bits per heavy atom. The minimum atomic E-state index is 0.0236. The van der Waals surface area contributed by atoms with Gasteiger partial charge in [0, 0.05) is 56.3 Å². The number of nitrogens with zero attached hydrogens (tertiary/aromatic N) is 2. The van der Waals surface area contributed by atoms with Crippen LogP contribution in [0, 0.1) is 13.8 Å². The number of thiazole rings is 1. The average Bonchev–Trinajstić information content (AvgIpc) is 2.76. The lowest BCUT2D eigenvalue weighted by atomic mass is 10.3. The van der Waals surface area contributed by atoms with Crippen molar-refractivity contribution in [2.45, 2.75) is 33.2 Å². The molecule has 7 heteroatoms. The molecule has 22 heavy (non-hydrogen) atoms. The van der Waals surface area contributed by atoms with Crippen LogP contribution in [0.25, 0.3) is 0 Å². The zero-order valence-corrected chi connectivity index (χ0v) is 14.3. The number of carbonyl (C=O) groups excluding carboxylic acids is 1. The lowest BCUT2D eigenvalue weighted by Crippen LogP contribution is -2.44. The molecule has 1 aromatic heterocycles. The van der Waals surface area contributed by atoms with Gasteiger partial charge >= 0.3 is 4.87 Å². The third-order valence-corrected chi connectivity index (χ3v) is 5.12. The van der Waals surface area contributed by atoms with E-state index in [2.05, 4.69) is 15.5 Å². The molecule has 0 unspecified atom stereocenters. The first kappa shape index (κ1) is 17.2. The van der Waals surface area contributed by atoms with Gasteiger partial charge in [-0.1, -0.05) is 11.3 Å². The van der Waals surface area contributed by atoms with Gasteiger partial charge in [0.1, 0.15) is 0 Å². The fourth-order valence-corrected chi connectivity index (χ4v) is 3.47. The molecule has 0 aliphatic carbocycles. The Labute approximate surface area is 135 Å². The van der Waals surface area contributed by atoms with Crippen LogP contribution in [0.1, 0.15) is 23.4 Å². The molecule has 0 aromatic carbocycles. The van der Waals surface area contributed by atoms with Crippen molar-refractivity contribution in [2.24, 2.45) is 0 Å². The topological polar surface area (TPSA) is 66.4 Å². The van der Waals surface area contributed by atoms with E-state index in [1.165, 1.54) is 11.3 Å². The van der Waals surface area contributed by atoms with Gasteiger partial charge in [0.15, 0.2) is 0 Å². The number of rotatable bonds is 7. The largest absolute Gasteiger partial charge is 0.356 e. The van der Waals surface area contributed by atoms with E-state index in [9.17, 15) is 9.59 Å². The second-order valence-corrected chi connectivity index (χ2v) is 6.87. The number of hydrogen-bond donors (Lipinski definition) is 2. The Morgan fingerprint density at radius 1 is 1.27 bits per heavy atom. The zero-order valence-electron chi connectivity index (χ0n) is 13.5. The molecule has 124 valence electrons. The molecular weight excluding hydrogens is 300 g/mol. The van der Waals surface area contributed by atoms with Crippen molar-refractivity contribution in [1.82, 2.24) is 20.1 Å². The van der Waals surface area contributed by atoms with Crippen molar-refractivity contribution < 1.29 is 4.79 Å². The maximum atomic E-state index is 11.9. The first-order valence-electron chi connectivity index (χ1n) is 7.94. The number of piperazine rings is 1. The lowest BCUT2D eigenvalue weighted by molar-refractivity contribution is -0.121. The molecule has 2 heterocycles. The van der Waals surface area contributed by atoms with Gasteiger partial charge in [0.05, 0.1) is 0 Å². The number of carbonyl (C=O) groups is 1. The SMILES string of the molecule is Cc1sc(=O)n(CCC(=O)NCCCN2CCNCC2)c1C. The summed E-state index contributed by atoms with van der Waals surface area (Å²) in [5.41, 5.74) is 0.974. The summed E-state index contributed by atoms with van der Waals surface area (Å²) < 4.78 is 1.69. The van der Waals surface area contributed by atoms with Gasteiger partial charge in [-0.3, -0.25) is 9.59 Å². The van der Waals surface area contributed by atoms with Crippen LogP contribution in [0.5, 0.6) is 0 Å². The molecule has 1 saturated heterocycles. The van der Waals surface area contributed by atoms with E-state index in [0.717, 1.165) is 49.7 Å². The van der Waals surface area contributed by atoms with Crippen LogP contribution in [0.15, 0.2) is 4.79 Å². The fraction of sp³-hybridized carbons (Fsp3) is 0.733. The summed E-state index contributed by atoms with van der Waals surface area (Å²) in [6.07, 6.45) is 1.34. The Hall–Kier alpha value is -1.18. The molecule has 0 saturated carbocycles. The molecule has 0 radical (unpaired) electrons.